The van der Waals surface area contributed by atoms with Crippen LogP contribution in [-0.4, -0.2) is 184 Å². The van der Waals surface area contributed by atoms with Crippen molar-refractivity contribution in [2.24, 2.45) is 0 Å². The van der Waals surface area contributed by atoms with E-state index in [4.69, 9.17) is 33.9 Å². The zero-order valence-corrected chi connectivity index (χ0v) is 70.3. The van der Waals surface area contributed by atoms with Crippen LogP contribution in [0.2, 0.25) is 0 Å². The Morgan fingerprint density at radius 3 is 1.37 bits per heavy atom. The molecular formula is C94H85N25O10. The molecule has 129 heavy (non-hydrogen) atoms. The van der Waals surface area contributed by atoms with E-state index in [0.717, 1.165) is 126 Å². The van der Waals surface area contributed by atoms with E-state index >= 15 is 0 Å². The van der Waals surface area contributed by atoms with Crippen LogP contribution in [-0.2, 0) is 34.0 Å². The van der Waals surface area contributed by atoms with Gasteiger partial charge in [0.05, 0.1) is 84.3 Å². The summed E-state index contributed by atoms with van der Waals surface area (Å²) in [5, 5.41) is 13.2. The third-order valence-corrected chi connectivity index (χ3v) is 23.9. The molecule has 7 aliphatic rings. The number of fused-ring (bicyclic) bond motifs is 17. The van der Waals surface area contributed by atoms with Crippen molar-refractivity contribution in [3.05, 3.63) is 263 Å². The SMILES string of the molecule is COc1cc(Nc2ncc3c(=O)n4n(c3n2)-c2cnc3c(c2)N(CCCC=CC4)C(=O)CO3)cc(N2CCN(C)CC2)c1.O=C1COc2ccc3cc2N1CCCC=CCn1c(=O)c2cnc(Nc4ccc5c(ccn5-c5cccnc5)c4)nc2n1-3.O=C1COc2ccc3cc2N1CCCC=CCn1c(=O)c2cnc(Nc4ccc5c(ccn5-c5ccncc5)c4)nc2n1-3. The normalized spacial score (nSPS) is 15.5. The second kappa shape index (κ2) is 34.0. The van der Waals surface area contributed by atoms with Crippen LogP contribution in [0, 0.1) is 0 Å². The van der Waals surface area contributed by atoms with Crippen molar-refractivity contribution < 1.29 is 33.3 Å². The van der Waals surface area contributed by atoms with Gasteiger partial charge in [-0.05, 0) is 167 Å². The fourth-order valence-corrected chi connectivity index (χ4v) is 17.4. The zero-order chi connectivity index (χ0) is 87.3. The van der Waals surface area contributed by atoms with Gasteiger partial charge in [-0.25, -0.2) is 48.0 Å². The van der Waals surface area contributed by atoms with Gasteiger partial charge in [0.15, 0.2) is 36.8 Å². The molecule has 0 radical (unpaired) electrons. The van der Waals surface area contributed by atoms with Crippen LogP contribution in [0.5, 0.6) is 23.1 Å². The van der Waals surface area contributed by atoms with Crippen LogP contribution in [0.1, 0.15) is 38.5 Å². The van der Waals surface area contributed by atoms with Crippen molar-refractivity contribution in [3.8, 4) is 51.6 Å². The van der Waals surface area contributed by atoms with Gasteiger partial charge in [-0.15, -0.1) is 0 Å². The number of carbonyl (C=O) groups is 3. The topological polar surface area (TPSA) is 347 Å². The number of hydrogen-bond acceptors (Lipinski definition) is 24. The molecule has 646 valence electrons. The van der Waals surface area contributed by atoms with Gasteiger partial charge >= 0.3 is 0 Å². The minimum atomic E-state index is -0.219. The Bertz CT molecular complexity index is 7110. The van der Waals surface area contributed by atoms with Gasteiger partial charge in [0.2, 0.25) is 23.7 Å². The Morgan fingerprint density at radius 2 is 0.868 bits per heavy atom. The van der Waals surface area contributed by atoms with Gasteiger partial charge in [-0.3, -0.25) is 38.7 Å². The second-order valence-electron chi connectivity index (χ2n) is 32.0. The zero-order valence-electron chi connectivity index (χ0n) is 70.3. The highest BCUT2D eigenvalue weighted by Crippen LogP contribution is 2.40. The van der Waals surface area contributed by atoms with Crippen LogP contribution in [0.15, 0.2) is 246 Å². The highest BCUT2D eigenvalue weighted by atomic mass is 16.5. The quantitative estimate of drug-likeness (QED) is 0.107. The fourth-order valence-electron chi connectivity index (χ4n) is 17.4. The maximum Gasteiger partial charge on any atom is 0.278 e. The minimum absolute atomic E-state index is 0.0155. The summed E-state index contributed by atoms with van der Waals surface area (Å²) in [7, 11) is 3.78. The third-order valence-electron chi connectivity index (χ3n) is 23.9. The van der Waals surface area contributed by atoms with Gasteiger partial charge < -0.3 is 68.5 Å². The van der Waals surface area contributed by atoms with Crippen LogP contribution in [0.3, 0.4) is 0 Å². The number of likely N-dealkylation sites (N-methyl/N-ethyl adjacent to an activating group) is 1. The van der Waals surface area contributed by atoms with E-state index in [0.29, 0.717) is 142 Å². The van der Waals surface area contributed by atoms with Crippen LogP contribution in [0.25, 0.3) is 83.3 Å². The molecule has 5 aromatic carbocycles. The highest BCUT2D eigenvalue weighted by Gasteiger charge is 2.33. The first kappa shape index (κ1) is 79.8. The number of allylic oxidation sites excluding steroid dienone is 6. The highest BCUT2D eigenvalue weighted by molar-refractivity contribution is 6.00. The number of methoxy groups -OCH3 is 1. The number of hydrogen-bond donors (Lipinski definition) is 3. The van der Waals surface area contributed by atoms with Gasteiger partial charge in [0.25, 0.3) is 34.4 Å². The summed E-state index contributed by atoms with van der Waals surface area (Å²) in [6, 6.07) is 43.1. The lowest BCUT2D eigenvalue weighted by Crippen LogP contribution is -2.44. The maximum absolute atomic E-state index is 13.6. The number of ether oxygens (including phenoxy) is 4. The van der Waals surface area contributed by atoms with Crippen molar-refractivity contribution in [1.29, 1.82) is 0 Å². The predicted molar refractivity (Wildman–Crippen MR) is 491 cm³/mol. The Morgan fingerprint density at radius 1 is 0.388 bits per heavy atom. The van der Waals surface area contributed by atoms with Crippen LogP contribution >= 0.6 is 0 Å². The van der Waals surface area contributed by atoms with E-state index in [1.807, 2.05) is 176 Å². The van der Waals surface area contributed by atoms with E-state index in [-0.39, 0.29) is 54.2 Å². The Kier molecular flexibility index (Phi) is 21.0. The molecule has 6 bridgehead atoms. The molecule has 0 spiro atoms. The summed E-state index contributed by atoms with van der Waals surface area (Å²) in [4.78, 5) is 130. The summed E-state index contributed by atoms with van der Waals surface area (Å²) < 4.78 is 37.1. The Hall–Kier alpha value is -16.3. The molecule has 0 saturated carbocycles. The fraction of sp³-hybridized carbons (Fsp3) is 0.223. The molecule has 0 unspecified atom stereocenters. The van der Waals surface area contributed by atoms with E-state index in [1.54, 1.807) is 93.3 Å². The summed E-state index contributed by atoms with van der Waals surface area (Å²) in [5.74, 6) is 3.18. The lowest BCUT2D eigenvalue weighted by Gasteiger charge is -2.34. The van der Waals surface area contributed by atoms with Crippen molar-refractivity contribution >= 4 is 130 Å². The molecule has 1 fully saturated rings. The molecule has 35 heteroatoms. The lowest BCUT2D eigenvalue weighted by molar-refractivity contribution is -0.122. The molecule has 1 saturated heterocycles. The van der Waals surface area contributed by atoms with E-state index < -0.39 is 0 Å². The largest absolute Gasteiger partial charge is 0.497 e. The number of nitrogens with zero attached hydrogens (tertiary/aromatic N) is 22. The Balaban J connectivity index is 0.000000117. The molecule has 7 aliphatic heterocycles. The molecule has 3 amide bonds. The molecule has 3 N–H and O–H groups in total. The molecule has 11 aromatic heterocycles. The first-order valence-corrected chi connectivity index (χ1v) is 42.7. The number of nitrogens with one attached hydrogen (secondary N) is 3. The van der Waals surface area contributed by atoms with Gasteiger partial charge in [0.1, 0.15) is 39.1 Å². The number of benzene rings is 5. The number of rotatable bonds is 10. The summed E-state index contributed by atoms with van der Waals surface area (Å²) in [6.45, 7) is 6.62. The molecule has 18 heterocycles. The smallest absolute Gasteiger partial charge is 0.278 e. The van der Waals surface area contributed by atoms with E-state index in [1.165, 1.54) is 0 Å². The summed E-state index contributed by atoms with van der Waals surface area (Å²) in [6.07, 6.45) is 34.3. The van der Waals surface area contributed by atoms with Gasteiger partial charge in [-0.2, -0.15) is 15.0 Å². The van der Waals surface area contributed by atoms with Crippen LogP contribution < -0.4 is 71.2 Å². The number of anilines is 10. The maximum atomic E-state index is 13.6. The van der Waals surface area contributed by atoms with Crippen LogP contribution in [0.4, 0.5) is 57.7 Å². The van der Waals surface area contributed by atoms with Crippen molar-refractivity contribution in [2.45, 2.75) is 58.2 Å². The van der Waals surface area contributed by atoms with E-state index in [9.17, 15) is 28.8 Å². The molecule has 23 rings (SSSR count). The minimum Gasteiger partial charge on any atom is -0.497 e. The number of amides is 3. The Labute approximate surface area is 734 Å². The summed E-state index contributed by atoms with van der Waals surface area (Å²) >= 11 is 0. The van der Waals surface area contributed by atoms with Crippen molar-refractivity contribution in [2.75, 3.05) is 115 Å². The average molecular weight is 1720 g/mol. The number of carbonyl (C=O) groups excluding carboxylic acids is 3. The van der Waals surface area contributed by atoms with Gasteiger partial charge in [0, 0.05) is 147 Å². The molecule has 16 aromatic rings. The standard InChI is InChI=1S/2C32H26N8O3.C30H33N9O4/c41-29-20-43-28-8-6-24-18-27(28)38(29)14-3-1-2-4-15-39-31(42)25-19-34-32(36-30(25)40(24)39)35-22-5-7-26-21(17-22)11-16-37(26)23-9-12-33-13-10-23;41-29-20-43-28-10-8-23-17-27(28)38(29)13-3-1-2-4-14-39-31(42)25-19-34-32(36-30(25)40(23)39)35-22-7-9-26-21(16-22)11-15-37(26)24-6-5-12-33-18-24;1-35-9-11-36(12-10-35)21-13-20(14-23(15-21)42-2)33-30-32-18-24-27(34-30)39-22-16-25-28(31-17-22)43-19-26(40)37(25)7-5-3-4-6-8-38(39)29(24)41/h2,4-13,16-19H,1,3,14-15,20H2,(H,34,35,36);2,4-12,15-19H,1,3,13-14,20H2,(H,34,35,36);4,6,13-18H,3,5,7-12,19H2,1-2H3,(H,32,33,34). The molecule has 35 nitrogen and oxygen atoms in total. The first-order valence-electron chi connectivity index (χ1n) is 42.7. The molecule has 0 atom stereocenters. The number of aromatic nitrogens is 17. The average Bonchev–Trinajstić information content (AvgIpc) is 1.62. The molecule has 0 aliphatic carbocycles. The lowest BCUT2D eigenvalue weighted by atomic mass is 10.1. The number of piperazine rings is 1. The molecular weight excluding hydrogens is 1640 g/mol. The van der Waals surface area contributed by atoms with Crippen molar-refractivity contribution in [1.82, 2.24) is 87.0 Å². The second-order valence-corrected chi connectivity index (χ2v) is 32.0. The van der Waals surface area contributed by atoms with Gasteiger partial charge in [-0.1, -0.05) is 36.5 Å². The monoisotopic (exact) mass is 1720 g/mol. The van der Waals surface area contributed by atoms with Crippen molar-refractivity contribution in [3.63, 3.8) is 0 Å². The summed E-state index contributed by atoms with van der Waals surface area (Å²) in [5.41, 5.74) is 12.3. The predicted octanol–water partition coefficient (Wildman–Crippen LogP) is 12.0. The first-order chi connectivity index (χ1) is 63.3. The number of pyridine rings is 3. The third kappa shape index (κ3) is 15.4. The van der Waals surface area contributed by atoms with E-state index in [2.05, 4.69) is 84.0 Å².